The third-order valence-electron chi connectivity index (χ3n) is 6.77. The average Bonchev–Trinajstić information content (AvgIpc) is 3.08. The SMILES string of the molecule is CC1CC2(CCN(C(=O)OCC3CCC4CCCN43)CC2)C1. The highest BCUT2D eigenvalue weighted by Gasteiger charge is 2.44. The van der Waals surface area contributed by atoms with E-state index in [2.05, 4.69) is 11.8 Å². The van der Waals surface area contributed by atoms with Gasteiger partial charge in [0.25, 0.3) is 0 Å². The Bertz CT molecular complexity index is 423. The summed E-state index contributed by atoms with van der Waals surface area (Å²) in [6.07, 6.45) is 10.2. The third-order valence-corrected chi connectivity index (χ3v) is 6.77. The Kier molecular flexibility index (Phi) is 3.83. The van der Waals surface area contributed by atoms with Gasteiger partial charge in [0.05, 0.1) is 0 Å². The van der Waals surface area contributed by atoms with Gasteiger partial charge in [-0.2, -0.15) is 0 Å². The predicted molar refractivity (Wildman–Crippen MR) is 85.7 cm³/mol. The lowest BCUT2D eigenvalue weighted by Crippen LogP contribution is -2.48. The van der Waals surface area contributed by atoms with Crippen LogP contribution >= 0.6 is 0 Å². The zero-order chi connectivity index (χ0) is 15.2. The van der Waals surface area contributed by atoms with Crippen LogP contribution in [0.25, 0.3) is 0 Å². The second-order valence-corrected chi connectivity index (χ2v) is 8.34. The molecule has 1 saturated carbocycles. The Labute approximate surface area is 134 Å². The molecular weight excluding hydrogens is 276 g/mol. The Hall–Kier alpha value is -0.770. The van der Waals surface area contributed by atoms with Gasteiger partial charge in [-0.3, -0.25) is 4.90 Å². The maximum absolute atomic E-state index is 12.3. The summed E-state index contributed by atoms with van der Waals surface area (Å²) < 4.78 is 5.66. The molecular formula is C18H30N2O2. The van der Waals surface area contributed by atoms with Crippen molar-refractivity contribution in [2.45, 2.75) is 70.4 Å². The Morgan fingerprint density at radius 2 is 1.91 bits per heavy atom. The van der Waals surface area contributed by atoms with E-state index in [1.165, 1.54) is 57.9 Å². The van der Waals surface area contributed by atoms with Crippen molar-refractivity contribution in [3.8, 4) is 0 Å². The molecule has 3 aliphatic heterocycles. The van der Waals surface area contributed by atoms with Crippen molar-refractivity contribution in [2.24, 2.45) is 11.3 Å². The topological polar surface area (TPSA) is 32.8 Å². The first-order valence-corrected chi connectivity index (χ1v) is 9.33. The van der Waals surface area contributed by atoms with E-state index >= 15 is 0 Å². The predicted octanol–water partition coefficient (Wildman–Crippen LogP) is 3.26. The number of carbonyl (C=O) groups is 1. The lowest BCUT2D eigenvalue weighted by molar-refractivity contribution is -0.00909. The number of carbonyl (C=O) groups excluding carboxylic acids is 1. The van der Waals surface area contributed by atoms with Gasteiger partial charge in [-0.25, -0.2) is 4.79 Å². The first-order chi connectivity index (χ1) is 10.7. The number of rotatable bonds is 2. The molecule has 0 aromatic heterocycles. The van der Waals surface area contributed by atoms with Crippen LogP contribution in [0.5, 0.6) is 0 Å². The van der Waals surface area contributed by atoms with Crippen LogP contribution in [-0.4, -0.2) is 54.2 Å². The minimum absolute atomic E-state index is 0.0649. The lowest BCUT2D eigenvalue weighted by atomic mass is 9.58. The first kappa shape index (κ1) is 14.8. The van der Waals surface area contributed by atoms with E-state index in [1.807, 2.05) is 4.90 Å². The molecule has 2 unspecified atom stereocenters. The molecule has 124 valence electrons. The van der Waals surface area contributed by atoms with E-state index in [4.69, 9.17) is 4.74 Å². The van der Waals surface area contributed by atoms with Crippen molar-refractivity contribution in [1.82, 2.24) is 9.80 Å². The van der Waals surface area contributed by atoms with Crippen LogP contribution in [0.1, 0.15) is 58.3 Å². The van der Waals surface area contributed by atoms with Crippen LogP contribution in [0.4, 0.5) is 4.79 Å². The third kappa shape index (κ3) is 2.64. The number of fused-ring (bicyclic) bond motifs is 1. The molecule has 1 aliphatic carbocycles. The van der Waals surface area contributed by atoms with Gasteiger partial charge >= 0.3 is 6.09 Å². The number of piperidine rings is 1. The van der Waals surface area contributed by atoms with E-state index in [0.29, 0.717) is 18.1 Å². The van der Waals surface area contributed by atoms with Gasteiger partial charge in [-0.1, -0.05) is 6.92 Å². The number of hydrogen-bond acceptors (Lipinski definition) is 3. The summed E-state index contributed by atoms with van der Waals surface area (Å²) in [5.41, 5.74) is 0.574. The van der Waals surface area contributed by atoms with E-state index in [0.717, 1.165) is 25.0 Å². The van der Waals surface area contributed by atoms with E-state index in [-0.39, 0.29) is 6.09 Å². The van der Waals surface area contributed by atoms with Crippen molar-refractivity contribution in [1.29, 1.82) is 0 Å². The second kappa shape index (κ2) is 5.70. The van der Waals surface area contributed by atoms with Gasteiger partial charge in [-0.05, 0) is 69.2 Å². The lowest BCUT2D eigenvalue weighted by Gasteiger charge is -2.51. The molecule has 0 aromatic rings. The summed E-state index contributed by atoms with van der Waals surface area (Å²) in [5.74, 6) is 0.897. The molecule has 0 bridgehead atoms. The fourth-order valence-corrected chi connectivity index (χ4v) is 5.63. The summed E-state index contributed by atoms with van der Waals surface area (Å²) >= 11 is 0. The van der Waals surface area contributed by atoms with Crippen LogP contribution in [0.3, 0.4) is 0 Å². The Morgan fingerprint density at radius 1 is 1.14 bits per heavy atom. The van der Waals surface area contributed by atoms with Crippen molar-refractivity contribution in [3.05, 3.63) is 0 Å². The van der Waals surface area contributed by atoms with Gasteiger partial charge in [0.15, 0.2) is 0 Å². The van der Waals surface area contributed by atoms with Crippen molar-refractivity contribution in [2.75, 3.05) is 26.2 Å². The summed E-state index contributed by atoms with van der Waals surface area (Å²) in [5, 5.41) is 0. The highest BCUT2D eigenvalue weighted by molar-refractivity contribution is 5.67. The maximum Gasteiger partial charge on any atom is 0.409 e. The molecule has 22 heavy (non-hydrogen) atoms. The molecule has 0 aromatic carbocycles. The zero-order valence-electron chi connectivity index (χ0n) is 13.9. The number of hydrogen-bond donors (Lipinski definition) is 0. The standard InChI is InChI=1S/C18H30N2O2/c1-14-11-18(12-14)6-9-19(10-7-18)17(21)22-13-16-5-4-15-3-2-8-20(15)16/h14-16H,2-13H2,1H3. The average molecular weight is 306 g/mol. The van der Waals surface area contributed by atoms with E-state index < -0.39 is 0 Å². The number of likely N-dealkylation sites (tertiary alicyclic amines) is 1. The van der Waals surface area contributed by atoms with Gasteiger partial charge in [0, 0.05) is 25.2 Å². The van der Waals surface area contributed by atoms with Crippen molar-refractivity contribution in [3.63, 3.8) is 0 Å². The second-order valence-electron chi connectivity index (χ2n) is 8.34. The van der Waals surface area contributed by atoms with Crippen LogP contribution in [0, 0.1) is 11.3 Å². The molecule has 4 nitrogen and oxygen atoms in total. The summed E-state index contributed by atoms with van der Waals surface area (Å²) in [7, 11) is 0. The minimum atomic E-state index is -0.0649. The monoisotopic (exact) mass is 306 g/mol. The molecule has 4 heteroatoms. The van der Waals surface area contributed by atoms with E-state index in [1.54, 1.807) is 0 Å². The van der Waals surface area contributed by atoms with Crippen molar-refractivity contribution >= 4 is 6.09 Å². The minimum Gasteiger partial charge on any atom is -0.448 e. The van der Waals surface area contributed by atoms with Gasteiger partial charge in [0.1, 0.15) is 6.61 Å². The number of amides is 1. The molecule has 4 aliphatic rings. The van der Waals surface area contributed by atoms with Gasteiger partial charge in [0.2, 0.25) is 0 Å². The number of ether oxygens (including phenoxy) is 1. The fraction of sp³-hybridized carbons (Fsp3) is 0.944. The molecule has 3 saturated heterocycles. The summed E-state index contributed by atoms with van der Waals surface area (Å²) in [4.78, 5) is 16.8. The molecule has 2 atom stereocenters. The molecule has 3 heterocycles. The molecule has 4 rings (SSSR count). The molecule has 1 spiro atoms. The van der Waals surface area contributed by atoms with E-state index in [9.17, 15) is 4.79 Å². The van der Waals surface area contributed by atoms with Crippen LogP contribution in [-0.2, 0) is 4.74 Å². The molecule has 0 radical (unpaired) electrons. The molecule has 0 N–H and O–H groups in total. The highest BCUT2D eigenvalue weighted by Crippen LogP contribution is 2.52. The fourth-order valence-electron chi connectivity index (χ4n) is 5.63. The Balaban J connectivity index is 1.22. The van der Waals surface area contributed by atoms with Crippen molar-refractivity contribution < 1.29 is 9.53 Å². The van der Waals surface area contributed by atoms with Crippen LogP contribution < -0.4 is 0 Å². The highest BCUT2D eigenvalue weighted by atomic mass is 16.6. The van der Waals surface area contributed by atoms with Gasteiger partial charge in [-0.15, -0.1) is 0 Å². The quantitative estimate of drug-likeness (QED) is 0.785. The smallest absolute Gasteiger partial charge is 0.409 e. The van der Waals surface area contributed by atoms with Crippen LogP contribution in [0.15, 0.2) is 0 Å². The largest absolute Gasteiger partial charge is 0.448 e. The zero-order valence-corrected chi connectivity index (χ0v) is 13.9. The Morgan fingerprint density at radius 3 is 2.64 bits per heavy atom. The normalized spacial score (nSPS) is 34.7. The van der Waals surface area contributed by atoms with Crippen LogP contribution in [0.2, 0.25) is 0 Å². The molecule has 1 amide bonds. The number of nitrogens with zero attached hydrogens (tertiary/aromatic N) is 2. The summed E-state index contributed by atoms with van der Waals surface area (Å²) in [6, 6.07) is 1.26. The maximum atomic E-state index is 12.3. The molecule has 4 fully saturated rings. The first-order valence-electron chi connectivity index (χ1n) is 9.33. The van der Waals surface area contributed by atoms with Gasteiger partial charge < -0.3 is 9.64 Å². The summed E-state index contributed by atoms with van der Waals surface area (Å²) in [6.45, 7) is 5.97.